The first-order chi connectivity index (χ1) is 20.1. The minimum Gasteiger partial charge on any atom is -0.395 e. The average molecular weight is 627 g/mol. The summed E-state index contributed by atoms with van der Waals surface area (Å²) in [7, 11) is -2.79. The Bertz CT molecular complexity index is 1360. The number of hydrogen-bond donors (Lipinski definition) is 3. The van der Waals surface area contributed by atoms with Crippen LogP contribution in [0.2, 0.25) is 0 Å². The molecule has 3 N–H and O–H groups in total. The van der Waals surface area contributed by atoms with Gasteiger partial charge in [0, 0.05) is 25.6 Å². The van der Waals surface area contributed by atoms with Crippen molar-refractivity contribution in [2.24, 2.45) is 11.8 Å². The van der Waals surface area contributed by atoms with E-state index in [-0.39, 0.29) is 48.4 Å². The van der Waals surface area contributed by atoms with Crippen molar-refractivity contribution in [3.8, 4) is 11.5 Å². The minimum absolute atomic E-state index is 0.0336. The number of nitrogens with zero attached hydrogens (tertiary/aromatic N) is 2. The van der Waals surface area contributed by atoms with Crippen LogP contribution in [0, 0.1) is 11.8 Å². The number of amides is 2. The molecule has 0 radical (unpaired) electrons. The van der Waals surface area contributed by atoms with Gasteiger partial charge in [0.1, 0.15) is 0 Å². The molecule has 14 heteroatoms. The van der Waals surface area contributed by atoms with Crippen LogP contribution in [0.15, 0.2) is 53.4 Å². The number of rotatable bonds is 14. The van der Waals surface area contributed by atoms with E-state index in [0.29, 0.717) is 0 Å². The highest BCUT2D eigenvalue weighted by Gasteiger charge is 2.44. The van der Waals surface area contributed by atoms with Crippen molar-refractivity contribution in [3.63, 3.8) is 0 Å². The van der Waals surface area contributed by atoms with Gasteiger partial charge in [-0.3, -0.25) is 15.0 Å². The molecule has 0 saturated heterocycles. The van der Waals surface area contributed by atoms with Gasteiger partial charge in [0.2, 0.25) is 15.9 Å². The van der Waals surface area contributed by atoms with Gasteiger partial charge in [0.05, 0.1) is 23.6 Å². The van der Waals surface area contributed by atoms with E-state index >= 15 is 0 Å². The summed E-state index contributed by atoms with van der Waals surface area (Å²) in [6.07, 6.45) is -5.24. The topological polar surface area (TPSA) is 138 Å². The number of aliphatic hydroxyl groups excluding tert-OH is 1. The number of hydrogen-bond acceptors (Lipinski definition) is 8. The number of likely N-dealkylation sites (N-methyl/N-ethyl adjacent to an activating group) is 1. The lowest BCUT2D eigenvalue weighted by Gasteiger charge is -2.37. The second kappa shape index (κ2) is 14.4. The average Bonchev–Trinajstić information content (AvgIpc) is 3.23. The number of carbonyl (C=O) groups is 2. The molecule has 0 bridgehead atoms. The molecule has 0 unspecified atom stereocenters. The van der Waals surface area contributed by atoms with E-state index < -0.39 is 52.6 Å². The summed E-state index contributed by atoms with van der Waals surface area (Å²) in [6, 6.07) is 11.1. The molecule has 0 spiro atoms. The van der Waals surface area contributed by atoms with Crippen LogP contribution in [0.4, 0.5) is 8.78 Å². The Labute approximate surface area is 251 Å². The Morgan fingerprint density at radius 2 is 1.63 bits per heavy atom. The molecular formula is C29H40F2N4O7S. The fraction of sp³-hybridized carbons (Fsp3) is 0.517. The van der Waals surface area contributed by atoms with Gasteiger partial charge >= 0.3 is 6.29 Å². The number of halogens is 2. The number of aliphatic hydroxyl groups is 1. The Hall–Kier alpha value is -3.33. The Balaban J connectivity index is 2.00. The number of nitrogens with one attached hydrogen (secondary N) is 2. The van der Waals surface area contributed by atoms with Gasteiger partial charge in [-0.05, 0) is 43.0 Å². The summed E-state index contributed by atoms with van der Waals surface area (Å²) in [5, 5.41) is 15.5. The van der Waals surface area contributed by atoms with E-state index in [9.17, 15) is 31.9 Å². The third-order valence-corrected chi connectivity index (χ3v) is 8.30. The smallest absolute Gasteiger partial charge is 0.395 e. The number of carbonyl (C=O) groups excluding carboxylic acids is 2. The summed E-state index contributed by atoms with van der Waals surface area (Å²) < 4.78 is 64.7. The highest BCUT2D eigenvalue weighted by atomic mass is 32.2. The lowest BCUT2D eigenvalue weighted by molar-refractivity contribution is -0.286. The van der Waals surface area contributed by atoms with E-state index in [4.69, 9.17) is 0 Å². The van der Waals surface area contributed by atoms with Crippen LogP contribution < -0.4 is 20.2 Å². The number of sulfonamides is 1. The molecule has 11 nitrogen and oxygen atoms in total. The second-order valence-electron chi connectivity index (χ2n) is 11.2. The van der Waals surface area contributed by atoms with Gasteiger partial charge in [-0.25, -0.2) is 13.4 Å². The van der Waals surface area contributed by atoms with Crippen molar-refractivity contribution in [2.75, 3.05) is 26.7 Å². The van der Waals surface area contributed by atoms with Gasteiger partial charge < -0.3 is 19.9 Å². The zero-order valence-electron chi connectivity index (χ0n) is 24.9. The fourth-order valence-corrected chi connectivity index (χ4v) is 6.25. The zero-order valence-corrected chi connectivity index (χ0v) is 25.7. The first kappa shape index (κ1) is 34.2. The van der Waals surface area contributed by atoms with Crippen molar-refractivity contribution in [2.45, 2.75) is 63.9 Å². The zero-order chi connectivity index (χ0) is 31.9. The van der Waals surface area contributed by atoms with Crippen molar-refractivity contribution in [3.05, 3.63) is 54.1 Å². The van der Waals surface area contributed by atoms with Crippen molar-refractivity contribution < 1.29 is 41.4 Å². The number of benzene rings is 2. The van der Waals surface area contributed by atoms with Gasteiger partial charge in [-0.1, -0.05) is 58.0 Å². The van der Waals surface area contributed by atoms with E-state index in [0.717, 1.165) is 33.1 Å². The molecule has 1 heterocycles. The predicted molar refractivity (Wildman–Crippen MR) is 155 cm³/mol. The van der Waals surface area contributed by atoms with Crippen LogP contribution in [0.3, 0.4) is 0 Å². The van der Waals surface area contributed by atoms with Gasteiger partial charge in [-0.2, -0.15) is 4.31 Å². The molecule has 2 aromatic carbocycles. The normalized spacial score (nSPS) is 15.5. The van der Waals surface area contributed by atoms with Gasteiger partial charge in [0.15, 0.2) is 11.5 Å². The second-order valence-corrected chi connectivity index (χ2v) is 13.2. The van der Waals surface area contributed by atoms with Crippen LogP contribution in [0.25, 0.3) is 0 Å². The first-order valence-electron chi connectivity index (χ1n) is 14.0. The number of alkyl halides is 2. The third kappa shape index (κ3) is 9.33. The Morgan fingerprint density at radius 1 is 0.977 bits per heavy atom. The standard InChI is InChI=1S/C29H40F2N4O7S/c1-19(2)13-28(38)35(33-27(37)16-32-5)23(14-21-9-7-6-8-10-21)24(36)18-34(17-20(3)4)43(39,40)22-11-12-25-26(15-22)42-29(30,31)41-25/h6-12,15,19-20,23-24,32,36H,13-14,16-18H2,1-5H3,(H,33,37)/t23-,24+/m0/s1. The molecule has 2 aromatic rings. The third-order valence-electron chi connectivity index (χ3n) is 6.47. The van der Waals surface area contributed by atoms with E-state index in [1.807, 2.05) is 19.9 Å². The summed E-state index contributed by atoms with van der Waals surface area (Å²) in [6.45, 7) is 6.65. The summed E-state index contributed by atoms with van der Waals surface area (Å²) >= 11 is 0. The summed E-state index contributed by atoms with van der Waals surface area (Å²) in [4.78, 5) is 25.7. The maximum Gasteiger partial charge on any atom is 0.586 e. The molecule has 3 rings (SSSR count). The lowest BCUT2D eigenvalue weighted by Crippen LogP contribution is -2.60. The molecule has 1 aliphatic heterocycles. The number of fused-ring (bicyclic) bond motifs is 1. The number of ether oxygens (including phenoxy) is 2. The molecule has 0 saturated carbocycles. The molecule has 0 fully saturated rings. The monoisotopic (exact) mass is 626 g/mol. The highest BCUT2D eigenvalue weighted by molar-refractivity contribution is 7.89. The number of hydrazine groups is 1. The summed E-state index contributed by atoms with van der Waals surface area (Å²) in [5.74, 6) is -1.97. The fourth-order valence-electron chi connectivity index (χ4n) is 4.61. The summed E-state index contributed by atoms with van der Waals surface area (Å²) in [5.41, 5.74) is 3.34. The highest BCUT2D eigenvalue weighted by Crippen LogP contribution is 2.42. The van der Waals surface area contributed by atoms with Gasteiger partial charge in [0.25, 0.3) is 5.91 Å². The van der Waals surface area contributed by atoms with E-state index in [1.54, 1.807) is 45.2 Å². The molecule has 0 aliphatic carbocycles. The maximum absolute atomic E-state index is 13.8. The van der Waals surface area contributed by atoms with Gasteiger partial charge in [-0.15, -0.1) is 8.78 Å². The molecular weight excluding hydrogens is 586 g/mol. The molecule has 238 valence electrons. The predicted octanol–water partition coefficient (Wildman–Crippen LogP) is 2.75. The SMILES string of the molecule is CNCC(=O)NN(C(=O)CC(C)C)[C@@H](Cc1ccccc1)[C@H](O)CN(CC(C)C)S(=O)(=O)c1ccc2c(c1)OC(F)(F)O2. The molecule has 1 aliphatic rings. The van der Waals surface area contributed by atoms with Crippen molar-refractivity contribution in [1.29, 1.82) is 0 Å². The van der Waals surface area contributed by atoms with Crippen molar-refractivity contribution >= 4 is 21.8 Å². The van der Waals surface area contributed by atoms with E-state index in [1.165, 1.54) is 0 Å². The van der Waals surface area contributed by atoms with Crippen LogP contribution in [-0.2, 0) is 26.0 Å². The lowest BCUT2D eigenvalue weighted by atomic mass is 9.99. The first-order valence-corrected chi connectivity index (χ1v) is 15.4. The Morgan fingerprint density at radius 3 is 2.23 bits per heavy atom. The quantitative estimate of drug-likeness (QED) is 0.273. The molecule has 2 atom stereocenters. The molecule has 2 amide bonds. The van der Waals surface area contributed by atoms with Crippen LogP contribution in [0.1, 0.15) is 39.7 Å². The van der Waals surface area contributed by atoms with Crippen LogP contribution in [-0.4, -0.2) is 79.8 Å². The van der Waals surface area contributed by atoms with Crippen LogP contribution in [0.5, 0.6) is 11.5 Å². The molecule has 0 aromatic heterocycles. The van der Waals surface area contributed by atoms with Crippen molar-refractivity contribution in [1.82, 2.24) is 20.1 Å². The minimum atomic E-state index is -4.36. The van der Waals surface area contributed by atoms with Crippen LogP contribution >= 0.6 is 0 Å². The maximum atomic E-state index is 13.8. The molecule has 43 heavy (non-hydrogen) atoms. The van der Waals surface area contributed by atoms with E-state index in [2.05, 4.69) is 20.2 Å². The Kier molecular flexibility index (Phi) is 11.5. The largest absolute Gasteiger partial charge is 0.586 e.